The second kappa shape index (κ2) is 31.6. The van der Waals surface area contributed by atoms with E-state index < -0.39 is 12.7 Å². The van der Waals surface area contributed by atoms with Crippen LogP contribution in [-0.2, 0) is 4.74 Å². The quantitative estimate of drug-likeness (QED) is 0.111. The zero-order valence-electron chi connectivity index (χ0n) is 51.7. The molecule has 5 aromatic heterocycles. The lowest BCUT2D eigenvalue weighted by Crippen LogP contribution is -2.53. The lowest BCUT2D eigenvalue weighted by molar-refractivity contribution is -0.146. The van der Waals surface area contributed by atoms with Crippen molar-refractivity contribution in [1.82, 2.24) is 49.4 Å². The fourth-order valence-corrected chi connectivity index (χ4v) is 11.2. The molecule has 2 atom stereocenters. The highest BCUT2D eigenvalue weighted by Crippen LogP contribution is 2.33. The Morgan fingerprint density at radius 2 is 0.894 bits per heavy atom. The summed E-state index contributed by atoms with van der Waals surface area (Å²) >= 11 is 0. The molecule has 0 aliphatic carbocycles. The molecular formula is C60H97F3N20O2. The van der Waals surface area contributed by atoms with Crippen molar-refractivity contribution in [3.05, 3.63) is 92.3 Å². The summed E-state index contributed by atoms with van der Waals surface area (Å²) in [6.45, 7) is 23.2. The largest absolute Gasteiger partial charge is 0.401 e. The van der Waals surface area contributed by atoms with Crippen molar-refractivity contribution in [2.75, 3.05) is 213 Å². The first-order valence-electron chi connectivity index (χ1n) is 29.4. The summed E-state index contributed by atoms with van der Waals surface area (Å²) in [6.07, 6.45) is 15.1. The number of aromatic nitrogens is 5. The number of piperidine rings is 1. The van der Waals surface area contributed by atoms with Crippen molar-refractivity contribution >= 4 is 56.9 Å². The van der Waals surface area contributed by atoms with Crippen LogP contribution in [0.15, 0.2) is 92.3 Å². The van der Waals surface area contributed by atoms with E-state index in [9.17, 15) is 18.3 Å². The molecule has 5 fully saturated rings. The van der Waals surface area contributed by atoms with Crippen LogP contribution in [0, 0.1) is 0 Å². The first-order valence-corrected chi connectivity index (χ1v) is 29.4. The highest BCUT2D eigenvalue weighted by atomic mass is 19.4. The van der Waals surface area contributed by atoms with Crippen LogP contribution in [0.1, 0.15) is 40.5 Å². The van der Waals surface area contributed by atoms with Gasteiger partial charge in [-0.25, -0.2) is 0 Å². The number of piperazine rings is 4. The van der Waals surface area contributed by atoms with Crippen LogP contribution in [0.2, 0.25) is 0 Å². The van der Waals surface area contributed by atoms with Crippen LogP contribution in [0.5, 0.6) is 0 Å². The van der Waals surface area contributed by atoms with E-state index in [1.807, 2.05) is 49.5 Å². The predicted octanol–water partition coefficient (Wildman–Crippen LogP) is 4.72. The molecular weight excluding hydrogens is 1090 g/mol. The van der Waals surface area contributed by atoms with Gasteiger partial charge in [-0.05, 0) is 99.1 Å². The first-order chi connectivity index (χ1) is 40.4. The maximum absolute atomic E-state index is 12.2. The van der Waals surface area contributed by atoms with E-state index in [1.54, 1.807) is 61.8 Å². The Balaban J connectivity index is 0.000000171. The highest BCUT2D eigenvalue weighted by Gasteiger charge is 2.36. The van der Waals surface area contributed by atoms with Crippen molar-refractivity contribution in [2.45, 2.75) is 69.9 Å². The van der Waals surface area contributed by atoms with Gasteiger partial charge in [-0.3, -0.25) is 39.6 Å². The Morgan fingerprint density at radius 1 is 0.541 bits per heavy atom. The monoisotopic (exact) mass is 1190 g/mol. The number of likely N-dealkylation sites (N-methyl/N-ethyl adjacent to an activating group) is 3. The van der Waals surface area contributed by atoms with Crippen molar-refractivity contribution in [3.63, 3.8) is 0 Å². The summed E-state index contributed by atoms with van der Waals surface area (Å²) in [7, 11) is 10.2. The van der Waals surface area contributed by atoms with Gasteiger partial charge in [-0.2, -0.15) is 13.2 Å². The van der Waals surface area contributed by atoms with Gasteiger partial charge in [0.25, 0.3) is 0 Å². The highest BCUT2D eigenvalue weighted by molar-refractivity contribution is 5.69. The van der Waals surface area contributed by atoms with Crippen molar-refractivity contribution in [3.8, 4) is 0 Å². The van der Waals surface area contributed by atoms with Gasteiger partial charge in [0, 0.05) is 161 Å². The predicted molar refractivity (Wildman–Crippen MR) is 341 cm³/mol. The molecule has 11 N–H and O–H groups in total. The maximum Gasteiger partial charge on any atom is 0.401 e. The van der Waals surface area contributed by atoms with Gasteiger partial charge in [-0.1, -0.05) is 0 Å². The van der Waals surface area contributed by atoms with Crippen LogP contribution in [0.3, 0.4) is 0 Å². The Morgan fingerprint density at radius 3 is 1.24 bits per heavy atom. The minimum atomic E-state index is -4.13. The standard InChI is InChI=1S/C14H24N4O.C13H22N4.C11H15F3N4.C11H18N4O.C11H18N4/c1-17(2)11-14(19-3)5-8-18(9-6-14)13-4-7-16-10-12(13)15;1-13(2,3)17-8-6-16(7-9-17)12-4-5-15-10-11(12)14;12-11(13,14)8-17-3-5-18(6-4-17)10-1-2-16-7-9(10)15;1-14-4-5-15(7-9(14)8-16)11-2-3-13-6-10(11)12;1-9-8-15(6-5-14(9)2)11-3-4-13-7-10(11)12/h4,7,10H,5-6,8-9,11,15H2,1-3H3;4-5,10H,6-9,14H2,1-3H3;1-2,7H,3-6,8,15H2;2-3,6,9,16H,4-5,7-8,12H2,1H3;3-4,7,9H,5-6,8,12H2,1-2H3. The van der Waals surface area contributed by atoms with E-state index in [1.165, 1.54) is 4.90 Å². The first kappa shape index (κ1) is 67.4. The molecule has 10 rings (SSSR count). The number of aliphatic hydroxyl groups is 1. The van der Waals surface area contributed by atoms with Crippen LogP contribution < -0.4 is 53.2 Å². The summed E-state index contributed by atoms with van der Waals surface area (Å²) in [4.78, 5) is 41.8. The summed E-state index contributed by atoms with van der Waals surface area (Å²) in [5, 5.41) is 9.28. The van der Waals surface area contributed by atoms with Gasteiger partial charge >= 0.3 is 6.18 Å². The molecule has 0 saturated carbocycles. The number of methoxy groups -OCH3 is 1. The molecule has 85 heavy (non-hydrogen) atoms. The zero-order chi connectivity index (χ0) is 61.9. The maximum atomic E-state index is 12.2. The number of anilines is 10. The number of nitrogens with two attached hydrogens (primary N) is 5. The number of nitrogens with zero attached hydrogens (tertiary/aromatic N) is 15. The molecule has 0 aromatic carbocycles. The molecule has 5 aliphatic rings. The van der Waals surface area contributed by atoms with Gasteiger partial charge < -0.3 is 72.8 Å². The molecule has 10 heterocycles. The fourth-order valence-electron chi connectivity index (χ4n) is 11.2. The Kier molecular flexibility index (Phi) is 25.0. The topological polar surface area (TPSA) is 256 Å². The van der Waals surface area contributed by atoms with Crippen molar-refractivity contribution < 1.29 is 23.0 Å². The average molecular weight is 1190 g/mol. The summed E-state index contributed by atoms with van der Waals surface area (Å²) in [5.41, 5.74) is 38.5. The summed E-state index contributed by atoms with van der Waals surface area (Å²) in [5.74, 6) is 0. The second-order valence-electron chi connectivity index (χ2n) is 23.8. The number of alkyl halides is 3. The smallest absolute Gasteiger partial charge is 0.396 e. The Hall–Kier alpha value is -6.74. The molecule has 0 amide bonds. The Bertz CT molecular complexity index is 2750. The lowest BCUT2D eigenvalue weighted by Gasteiger charge is -2.43. The van der Waals surface area contributed by atoms with Crippen molar-refractivity contribution in [1.29, 1.82) is 0 Å². The van der Waals surface area contributed by atoms with Crippen LogP contribution in [0.25, 0.3) is 0 Å². The molecule has 2 unspecified atom stereocenters. The van der Waals surface area contributed by atoms with E-state index in [0.29, 0.717) is 43.6 Å². The molecule has 5 aliphatic heterocycles. The third kappa shape index (κ3) is 20.2. The number of pyridine rings is 5. The summed E-state index contributed by atoms with van der Waals surface area (Å²) in [6, 6.07) is 10.5. The number of rotatable bonds is 10. The molecule has 0 bridgehead atoms. The van der Waals surface area contributed by atoms with Crippen molar-refractivity contribution in [2.24, 2.45) is 0 Å². The fraction of sp³-hybridized carbons (Fsp3) is 0.583. The normalized spacial score (nSPS) is 20.0. The molecule has 22 nitrogen and oxygen atoms in total. The molecule has 0 spiro atoms. The van der Waals surface area contributed by atoms with Gasteiger partial charge in [-0.15, -0.1) is 0 Å². The number of ether oxygens (including phenoxy) is 1. The second-order valence-corrected chi connectivity index (χ2v) is 23.8. The molecule has 0 radical (unpaired) electrons. The minimum Gasteiger partial charge on any atom is -0.396 e. The zero-order valence-corrected chi connectivity index (χ0v) is 51.7. The van der Waals surface area contributed by atoms with Crippen LogP contribution in [-0.4, -0.2) is 244 Å². The molecule has 25 heteroatoms. The lowest BCUT2D eigenvalue weighted by atomic mass is 9.90. The molecule has 5 saturated heterocycles. The van der Waals surface area contributed by atoms with Gasteiger partial charge in [0.15, 0.2) is 0 Å². The van der Waals surface area contributed by atoms with Gasteiger partial charge in [0.05, 0.1) is 113 Å². The Labute approximate surface area is 502 Å². The number of aliphatic hydroxyl groups excluding tert-OH is 1. The molecule has 5 aromatic rings. The third-order valence-corrected chi connectivity index (χ3v) is 16.5. The minimum absolute atomic E-state index is 0.0260. The van der Waals surface area contributed by atoms with E-state index >= 15 is 0 Å². The van der Waals surface area contributed by atoms with Gasteiger partial charge in [0.2, 0.25) is 0 Å². The van der Waals surface area contributed by atoms with E-state index in [2.05, 4.69) is 113 Å². The van der Waals surface area contributed by atoms with Crippen LogP contribution >= 0.6 is 0 Å². The number of hydrogen-bond acceptors (Lipinski definition) is 22. The third-order valence-electron chi connectivity index (χ3n) is 16.5. The van der Waals surface area contributed by atoms with E-state index in [0.717, 1.165) is 143 Å². The van der Waals surface area contributed by atoms with Crippen LogP contribution in [0.4, 0.5) is 70.0 Å². The van der Waals surface area contributed by atoms with Gasteiger partial charge in [0.1, 0.15) is 0 Å². The average Bonchev–Trinajstić information content (AvgIpc) is 3.69. The van der Waals surface area contributed by atoms with E-state index in [4.69, 9.17) is 33.4 Å². The number of hydrogen-bond donors (Lipinski definition) is 6. The number of nitrogen functional groups attached to an aromatic ring is 5. The summed E-state index contributed by atoms with van der Waals surface area (Å²) < 4.78 is 42.5. The SMILES string of the molecule is CC(C)(C)N1CCN(c2ccncc2N)CC1.CC1CN(c2ccncc2N)CCN1C.CN1CCN(c2ccncc2N)CC1CO.COC1(CN(C)C)CCN(c2ccncc2N)CC1.Nc1cnccc1N1CCN(CC(F)(F)F)CC1. The van der Waals surface area contributed by atoms with E-state index in [-0.39, 0.29) is 23.8 Å². The number of halogens is 3. The molecule has 470 valence electrons.